The summed E-state index contributed by atoms with van der Waals surface area (Å²) >= 11 is 1.42. The number of aliphatic imine (C=N–C) groups is 1. The number of ether oxygens (including phenoxy) is 6. The van der Waals surface area contributed by atoms with Crippen LogP contribution in [0.4, 0.5) is 5.13 Å². The van der Waals surface area contributed by atoms with Gasteiger partial charge in [-0.3, -0.25) is 19.4 Å². The number of fused-ring (bicyclic) bond motifs is 1. The highest BCUT2D eigenvalue weighted by atomic mass is 32.1. The van der Waals surface area contributed by atoms with E-state index in [1.165, 1.54) is 39.2 Å². The van der Waals surface area contributed by atoms with Gasteiger partial charge in [0.2, 0.25) is 0 Å². The fourth-order valence-electron chi connectivity index (χ4n) is 3.95. The van der Waals surface area contributed by atoms with Gasteiger partial charge in [0.1, 0.15) is 11.9 Å². The fourth-order valence-corrected chi connectivity index (χ4v) is 4.85. The molecule has 2 heterocycles. The number of rotatable bonds is 9. The molecule has 0 spiro atoms. The van der Waals surface area contributed by atoms with Crippen molar-refractivity contribution < 1.29 is 42.8 Å². The van der Waals surface area contributed by atoms with E-state index in [1.807, 2.05) is 32.0 Å². The third-order valence-corrected chi connectivity index (χ3v) is 6.34. The number of anilines is 1. The van der Waals surface area contributed by atoms with E-state index >= 15 is 0 Å². The molecule has 5 atom stereocenters. The Hall–Kier alpha value is -3.49. The van der Waals surface area contributed by atoms with Crippen LogP contribution in [0.15, 0.2) is 23.2 Å². The highest BCUT2D eigenvalue weighted by molar-refractivity contribution is 7.22. The van der Waals surface area contributed by atoms with E-state index in [4.69, 9.17) is 28.4 Å². The van der Waals surface area contributed by atoms with Crippen molar-refractivity contribution in [2.24, 2.45) is 4.99 Å². The van der Waals surface area contributed by atoms with Crippen molar-refractivity contribution in [3.63, 3.8) is 0 Å². The van der Waals surface area contributed by atoms with Crippen molar-refractivity contribution in [3.8, 4) is 5.75 Å². The van der Waals surface area contributed by atoms with Crippen molar-refractivity contribution in [2.45, 2.75) is 71.4 Å². The number of hydrogen-bond donors (Lipinski definition) is 2. The van der Waals surface area contributed by atoms with Gasteiger partial charge in [0.15, 0.2) is 35.7 Å². The number of hydrogen-bond acceptors (Lipinski definition) is 12. The van der Waals surface area contributed by atoms with E-state index in [0.717, 1.165) is 16.0 Å². The van der Waals surface area contributed by atoms with Crippen LogP contribution in [0, 0.1) is 0 Å². The summed E-state index contributed by atoms with van der Waals surface area (Å²) in [6.07, 6.45) is -5.53. The number of nitrogens with one attached hydrogen (secondary N) is 2. The summed E-state index contributed by atoms with van der Waals surface area (Å²) in [4.78, 5) is 44.9. The average Bonchev–Trinajstić information content (AvgIpc) is 3.25. The number of benzene rings is 1. The van der Waals surface area contributed by atoms with Gasteiger partial charge in [-0.2, -0.15) is 0 Å². The molecular formula is C25H34N4O9S. The molecule has 1 aliphatic heterocycles. The molecule has 1 aliphatic rings. The molecule has 0 radical (unpaired) electrons. The predicted molar refractivity (Wildman–Crippen MR) is 143 cm³/mol. The maximum atomic E-state index is 12.0. The third kappa shape index (κ3) is 8.25. The summed E-state index contributed by atoms with van der Waals surface area (Å²) in [7, 11) is 2.96. The van der Waals surface area contributed by atoms with E-state index in [-0.39, 0.29) is 12.6 Å². The minimum atomic E-state index is -1.19. The van der Waals surface area contributed by atoms with Crippen LogP contribution in [-0.2, 0) is 38.1 Å². The molecule has 2 N–H and O–H groups in total. The number of thiazole rings is 1. The van der Waals surface area contributed by atoms with Gasteiger partial charge in [-0.15, -0.1) is 0 Å². The Labute approximate surface area is 230 Å². The molecule has 3 rings (SSSR count). The Morgan fingerprint density at radius 1 is 1.03 bits per heavy atom. The van der Waals surface area contributed by atoms with E-state index in [1.54, 1.807) is 7.11 Å². The molecule has 0 bridgehead atoms. The Kier molecular flexibility index (Phi) is 10.4. The summed E-state index contributed by atoms with van der Waals surface area (Å²) in [5.74, 6) is -0.844. The smallest absolute Gasteiger partial charge is 0.303 e. The molecule has 0 aliphatic carbocycles. The zero-order valence-corrected chi connectivity index (χ0v) is 23.7. The summed E-state index contributed by atoms with van der Waals surface area (Å²) in [5, 5.41) is 7.01. The van der Waals surface area contributed by atoms with Gasteiger partial charge in [-0.05, 0) is 32.0 Å². The Morgan fingerprint density at radius 2 is 1.67 bits per heavy atom. The first-order valence-corrected chi connectivity index (χ1v) is 13.0. The highest BCUT2D eigenvalue weighted by Crippen LogP contribution is 2.31. The Bertz CT molecular complexity index is 1200. The normalized spacial score (nSPS) is 23.3. The molecule has 13 nitrogen and oxygen atoms in total. The maximum Gasteiger partial charge on any atom is 0.303 e. The molecule has 1 saturated heterocycles. The van der Waals surface area contributed by atoms with Crippen LogP contribution in [0.1, 0.15) is 34.6 Å². The number of nitrogens with zero attached hydrogens (tertiary/aromatic N) is 2. The number of guanidine groups is 1. The Morgan fingerprint density at radius 3 is 2.26 bits per heavy atom. The van der Waals surface area contributed by atoms with E-state index in [2.05, 4.69) is 20.6 Å². The molecule has 0 saturated carbocycles. The van der Waals surface area contributed by atoms with Gasteiger partial charge >= 0.3 is 17.9 Å². The van der Waals surface area contributed by atoms with Crippen LogP contribution in [-0.4, -0.2) is 86.4 Å². The van der Waals surface area contributed by atoms with Crippen LogP contribution in [0.3, 0.4) is 0 Å². The molecule has 14 heteroatoms. The highest BCUT2D eigenvalue weighted by Gasteiger charge is 2.52. The van der Waals surface area contributed by atoms with Crippen molar-refractivity contribution in [3.05, 3.63) is 18.2 Å². The maximum absolute atomic E-state index is 12.0. The lowest BCUT2D eigenvalue weighted by molar-refractivity contribution is -0.296. The number of carbonyl (C=O) groups is 3. The number of esters is 3. The second-order valence-electron chi connectivity index (χ2n) is 8.97. The van der Waals surface area contributed by atoms with Crippen LogP contribution < -0.4 is 15.4 Å². The molecule has 2 aromatic rings. The van der Waals surface area contributed by atoms with Crippen LogP contribution in [0.25, 0.3) is 10.2 Å². The molecule has 39 heavy (non-hydrogen) atoms. The van der Waals surface area contributed by atoms with E-state index < -0.39 is 48.6 Å². The van der Waals surface area contributed by atoms with E-state index in [9.17, 15) is 14.4 Å². The van der Waals surface area contributed by atoms with Crippen molar-refractivity contribution >= 4 is 50.6 Å². The number of carbonyl (C=O) groups excluding carboxylic acids is 3. The van der Waals surface area contributed by atoms with Gasteiger partial charge in [-0.1, -0.05) is 11.3 Å². The lowest BCUT2D eigenvalue weighted by atomic mass is 9.97. The predicted octanol–water partition coefficient (Wildman–Crippen LogP) is 2.24. The van der Waals surface area contributed by atoms with Crippen LogP contribution >= 0.6 is 11.3 Å². The summed E-state index contributed by atoms with van der Waals surface area (Å²) in [6.45, 7) is 7.46. The fraction of sp³-hybridized carbons (Fsp3) is 0.560. The first kappa shape index (κ1) is 30.1. The zero-order valence-electron chi connectivity index (χ0n) is 22.9. The topological polar surface area (TPSA) is 156 Å². The van der Waals surface area contributed by atoms with Crippen molar-refractivity contribution in [1.82, 2.24) is 10.3 Å². The molecule has 0 unspecified atom stereocenters. The molecular weight excluding hydrogens is 532 g/mol. The number of methoxy groups -OCH3 is 2. The standard InChI is InChI=1S/C25H34N4O9S/c1-12(2)27-24(29-25-28-17-9-8-16(33-6)10-19(17)39-25)26-11-18-20(35-13(3)30)21(36-14(4)31)22(37-15(5)32)23(34-7)38-18/h8-10,12,18,20-23H,11H2,1-7H3,(H2,26,27,28,29)/t18-,20-,21+,22-,23+/m1/s1. The monoisotopic (exact) mass is 566 g/mol. The van der Waals surface area contributed by atoms with Gasteiger partial charge in [0.05, 0.1) is 23.9 Å². The lowest BCUT2D eigenvalue weighted by Crippen LogP contribution is -2.62. The first-order valence-electron chi connectivity index (χ1n) is 12.2. The lowest BCUT2D eigenvalue weighted by Gasteiger charge is -2.43. The molecule has 1 aromatic heterocycles. The van der Waals surface area contributed by atoms with Gasteiger partial charge in [0.25, 0.3) is 0 Å². The van der Waals surface area contributed by atoms with Gasteiger partial charge < -0.3 is 39.1 Å². The second-order valence-corrected chi connectivity index (χ2v) is 10.00. The quantitative estimate of drug-likeness (QED) is 0.198. The first-order chi connectivity index (χ1) is 18.5. The largest absolute Gasteiger partial charge is 0.497 e. The molecule has 1 aromatic carbocycles. The second kappa shape index (κ2) is 13.5. The minimum Gasteiger partial charge on any atom is -0.497 e. The third-order valence-electron chi connectivity index (χ3n) is 5.41. The summed E-state index contributed by atoms with van der Waals surface area (Å²) < 4.78 is 33.9. The average molecular weight is 567 g/mol. The molecule has 1 fully saturated rings. The molecule has 0 amide bonds. The zero-order chi connectivity index (χ0) is 28.7. The summed E-state index contributed by atoms with van der Waals surface area (Å²) in [5.41, 5.74) is 0.793. The number of aromatic nitrogens is 1. The van der Waals surface area contributed by atoms with Crippen LogP contribution in [0.2, 0.25) is 0 Å². The van der Waals surface area contributed by atoms with Crippen molar-refractivity contribution in [2.75, 3.05) is 26.1 Å². The molecule has 214 valence electrons. The summed E-state index contributed by atoms with van der Waals surface area (Å²) in [6, 6.07) is 5.60. The van der Waals surface area contributed by atoms with Gasteiger partial charge in [0, 0.05) is 33.9 Å². The van der Waals surface area contributed by atoms with Crippen LogP contribution in [0.5, 0.6) is 5.75 Å². The SMILES string of the molecule is COc1ccc2nc(NC(=NC[C@H]3O[C@H](OC)[C@H](OC(C)=O)[C@@H](OC(C)=O)[C@@H]3OC(C)=O)NC(C)C)sc2c1. The minimum absolute atomic E-state index is 0.0103. The van der Waals surface area contributed by atoms with E-state index in [0.29, 0.717) is 11.1 Å². The Balaban J connectivity index is 1.91. The van der Waals surface area contributed by atoms with Gasteiger partial charge in [-0.25, -0.2) is 4.98 Å². The van der Waals surface area contributed by atoms with Crippen molar-refractivity contribution in [1.29, 1.82) is 0 Å².